The van der Waals surface area contributed by atoms with Crippen molar-refractivity contribution in [2.24, 2.45) is 0 Å². The van der Waals surface area contributed by atoms with E-state index in [2.05, 4.69) is 4.90 Å². The van der Waals surface area contributed by atoms with Crippen LogP contribution >= 0.6 is 0 Å². The fourth-order valence-corrected chi connectivity index (χ4v) is 4.99. The monoisotopic (exact) mass is 482 g/mol. The number of hydrogen-bond donors (Lipinski definition) is 0. The maximum Gasteiger partial charge on any atom is 0.290 e. The van der Waals surface area contributed by atoms with E-state index in [0.717, 1.165) is 18.7 Å². The van der Waals surface area contributed by atoms with Gasteiger partial charge in [0.25, 0.3) is 5.91 Å². The third-order valence-electron chi connectivity index (χ3n) is 6.79. The number of para-hydroxylation sites is 2. The Kier molecular flexibility index (Phi) is 6.01. The molecule has 0 spiro atoms. The number of hydrogen-bond acceptors (Lipinski definition) is 6. The molecule has 2 aliphatic rings. The predicted molar refractivity (Wildman–Crippen MR) is 136 cm³/mol. The van der Waals surface area contributed by atoms with E-state index in [-0.39, 0.29) is 17.1 Å². The number of nitrogens with zero attached hydrogens (tertiary/aromatic N) is 2. The lowest BCUT2D eigenvalue weighted by Gasteiger charge is -2.31. The van der Waals surface area contributed by atoms with Gasteiger partial charge in [0, 0.05) is 26.2 Å². The first-order chi connectivity index (χ1) is 17.7. The van der Waals surface area contributed by atoms with Crippen molar-refractivity contribution < 1.29 is 18.7 Å². The minimum Gasteiger partial charge on any atom is -0.457 e. The van der Waals surface area contributed by atoms with Crippen LogP contribution in [0.4, 0.5) is 0 Å². The fraction of sp³-hybridized carbons (Fsp3) is 0.241. The number of rotatable bonds is 6. The average Bonchev–Trinajstić information content (AvgIpc) is 3.20. The van der Waals surface area contributed by atoms with Gasteiger partial charge in [-0.2, -0.15) is 0 Å². The molecular weight excluding hydrogens is 456 g/mol. The van der Waals surface area contributed by atoms with Crippen LogP contribution in [0.3, 0.4) is 0 Å². The van der Waals surface area contributed by atoms with Gasteiger partial charge >= 0.3 is 0 Å². The molecule has 0 bridgehead atoms. The molecule has 7 nitrogen and oxygen atoms in total. The van der Waals surface area contributed by atoms with Gasteiger partial charge in [0.05, 0.1) is 30.2 Å². The number of amides is 1. The van der Waals surface area contributed by atoms with E-state index in [1.807, 2.05) is 60.7 Å². The Hall–Kier alpha value is -3.94. The molecule has 1 atom stereocenters. The summed E-state index contributed by atoms with van der Waals surface area (Å²) in [5.74, 6) is 1.21. The highest BCUT2D eigenvalue weighted by Crippen LogP contribution is 2.39. The van der Waals surface area contributed by atoms with E-state index in [4.69, 9.17) is 13.9 Å². The summed E-state index contributed by atoms with van der Waals surface area (Å²) in [5, 5.41) is 0.473. The molecule has 1 aromatic heterocycles. The highest BCUT2D eigenvalue weighted by Gasteiger charge is 2.42. The Morgan fingerprint density at radius 2 is 1.58 bits per heavy atom. The van der Waals surface area contributed by atoms with Crippen molar-refractivity contribution in [3.05, 3.63) is 106 Å². The van der Waals surface area contributed by atoms with Crippen LogP contribution in [0.2, 0.25) is 0 Å². The lowest BCUT2D eigenvalue weighted by atomic mass is 9.98. The number of morpholine rings is 1. The minimum absolute atomic E-state index is 0.125. The standard InChI is InChI=1S/C29H26N2O5/c32-27-23-11-4-5-12-24(23)36-28-25(27)26(31(29(28)33)14-13-30-15-17-34-18-16-30)20-7-6-10-22(19-20)35-21-8-2-1-3-9-21/h1-12,19,26H,13-18H2. The summed E-state index contributed by atoms with van der Waals surface area (Å²) in [6, 6.07) is 23.6. The molecule has 2 aliphatic heterocycles. The summed E-state index contributed by atoms with van der Waals surface area (Å²) >= 11 is 0. The number of ether oxygens (including phenoxy) is 2. The zero-order valence-electron chi connectivity index (χ0n) is 19.8. The molecule has 7 heteroatoms. The van der Waals surface area contributed by atoms with Gasteiger partial charge in [-0.25, -0.2) is 0 Å². The van der Waals surface area contributed by atoms with Gasteiger partial charge in [0.2, 0.25) is 5.76 Å². The normalized spacial score (nSPS) is 17.9. The van der Waals surface area contributed by atoms with E-state index in [0.29, 0.717) is 54.3 Å². The number of fused-ring (bicyclic) bond motifs is 2. The first-order valence-corrected chi connectivity index (χ1v) is 12.2. The molecule has 3 aromatic carbocycles. The van der Waals surface area contributed by atoms with E-state index in [1.165, 1.54) is 0 Å². The van der Waals surface area contributed by atoms with Crippen LogP contribution in [0.25, 0.3) is 11.0 Å². The second kappa shape index (κ2) is 9.60. The molecular formula is C29H26N2O5. The Balaban J connectivity index is 1.41. The number of carbonyl (C=O) groups is 1. The number of benzene rings is 3. The van der Waals surface area contributed by atoms with E-state index in [1.54, 1.807) is 23.1 Å². The summed E-state index contributed by atoms with van der Waals surface area (Å²) in [7, 11) is 0. The molecule has 1 fully saturated rings. The SMILES string of the molecule is O=C1c2oc3ccccc3c(=O)c2C(c2cccc(Oc3ccccc3)c2)N1CCN1CCOCC1. The molecule has 0 N–H and O–H groups in total. The first-order valence-electron chi connectivity index (χ1n) is 12.2. The van der Waals surface area contributed by atoms with Gasteiger partial charge in [0.1, 0.15) is 17.1 Å². The van der Waals surface area contributed by atoms with Crippen molar-refractivity contribution in [1.29, 1.82) is 0 Å². The first kappa shape index (κ1) is 22.5. The molecule has 36 heavy (non-hydrogen) atoms. The average molecular weight is 483 g/mol. The molecule has 3 heterocycles. The molecule has 6 rings (SSSR count). The summed E-state index contributed by atoms with van der Waals surface area (Å²) < 4.78 is 17.6. The van der Waals surface area contributed by atoms with Crippen molar-refractivity contribution in [3.63, 3.8) is 0 Å². The molecule has 0 saturated carbocycles. The Morgan fingerprint density at radius 1 is 0.833 bits per heavy atom. The second-order valence-corrected chi connectivity index (χ2v) is 9.01. The fourth-order valence-electron chi connectivity index (χ4n) is 4.99. The molecule has 182 valence electrons. The summed E-state index contributed by atoms with van der Waals surface area (Å²) in [4.78, 5) is 31.4. The third-order valence-corrected chi connectivity index (χ3v) is 6.79. The highest BCUT2D eigenvalue weighted by molar-refractivity contribution is 5.99. The Morgan fingerprint density at radius 3 is 2.42 bits per heavy atom. The summed E-state index contributed by atoms with van der Waals surface area (Å²) in [5.41, 5.74) is 1.44. The maximum atomic E-state index is 13.7. The second-order valence-electron chi connectivity index (χ2n) is 9.01. The molecule has 1 saturated heterocycles. The van der Waals surface area contributed by atoms with Crippen LogP contribution in [0.1, 0.15) is 27.7 Å². The van der Waals surface area contributed by atoms with Crippen molar-refractivity contribution in [1.82, 2.24) is 9.80 Å². The largest absolute Gasteiger partial charge is 0.457 e. The van der Waals surface area contributed by atoms with Crippen LogP contribution in [0, 0.1) is 0 Å². The molecule has 0 aliphatic carbocycles. The van der Waals surface area contributed by atoms with E-state index >= 15 is 0 Å². The number of carbonyl (C=O) groups excluding carboxylic acids is 1. The summed E-state index contributed by atoms with van der Waals surface area (Å²) in [6.45, 7) is 4.16. The zero-order chi connectivity index (χ0) is 24.5. The quantitative estimate of drug-likeness (QED) is 0.404. The smallest absolute Gasteiger partial charge is 0.290 e. The molecule has 4 aromatic rings. The Bertz CT molecular complexity index is 1460. The summed E-state index contributed by atoms with van der Waals surface area (Å²) in [6.07, 6.45) is 0. The van der Waals surface area contributed by atoms with Gasteiger partial charge in [-0.05, 0) is 42.0 Å². The van der Waals surface area contributed by atoms with Crippen LogP contribution < -0.4 is 10.2 Å². The van der Waals surface area contributed by atoms with Crippen LogP contribution in [0.15, 0.2) is 88.1 Å². The van der Waals surface area contributed by atoms with Gasteiger partial charge in [0.15, 0.2) is 5.43 Å². The van der Waals surface area contributed by atoms with Gasteiger partial charge in [-0.15, -0.1) is 0 Å². The lowest BCUT2D eigenvalue weighted by molar-refractivity contribution is 0.0314. The maximum absolute atomic E-state index is 13.7. The van der Waals surface area contributed by atoms with Crippen LogP contribution in [-0.4, -0.2) is 55.1 Å². The Labute approximate surface area is 208 Å². The van der Waals surface area contributed by atoms with Crippen LogP contribution in [0.5, 0.6) is 11.5 Å². The topological polar surface area (TPSA) is 72.2 Å². The highest BCUT2D eigenvalue weighted by atomic mass is 16.5. The van der Waals surface area contributed by atoms with Crippen molar-refractivity contribution in [2.75, 3.05) is 39.4 Å². The van der Waals surface area contributed by atoms with E-state index in [9.17, 15) is 9.59 Å². The van der Waals surface area contributed by atoms with E-state index < -0.39 is 6.04 Å². The van der Waals surface area contributed by atoms with Crippen molar-refractivity contribution in [3.8, 4) is 11.5 Å². The van der Waals surface area contributed by atoms with Crippen molar-refractivity contribution >= 4 is 16.9 Å². The zero-order valence-corrected chi connectivity index (χ0v) is 19.8. The van der Waals surface area contributed by atoms with Gasteiger partial charge in [-0.3, -0.25) is 14.5 Å². The van der Waals surface area contributed by atoms with Gasteiger partial charge in [-0.1, -0.05) is 42.5 Å². The van der Waals surface area contributed by atoms with Crippen LogP contribution in [-0.2, 0) is 4.74 Å². The molecule has 1 unspecified atom stereocenters. The van der Waals surface area contributed by atoms with Gasteiger partial charge < -0.3 is 18.8 Å². The third kappa shape index (κ3) is 4.17. The lowest BCUT2D eigenvalue weighted by Crippen LogP contribution is -2.42. The molecule has 0 radical (unpaired) electrons. The van der Waals surface area contributed by atoms with Crippen molar-refractivity contribution in [2.45, 2.75) is 6.04 Å². The minimum atomic E-state index is -0.561. The molecule has 1 amide bonds. The predicted octanol–water partition coefficient (Wildman–Crippen LogP) is 4.46.